The minimum absolute atomic E-state index is 0.0693. The van der Waals surface area contributed by atoms with Crippen molar-refractivity contribution in [2.45, 2.75) is 46.2 Å². The first-order valence-electron chi connectivity index (χ1n) is 9.87. The van der Waals surface area contributed by atoms with E-state index in [0.29, 0.717) is 16.7 Å². The Labute approximate surface area is 179 Å². The summed E-state index contributed by atoms with van der Waals surface area (Å²) in [6.07, 6.45) is 1.02. The molecule has 160 valence electrons. The number of aliphatic carboxylic acids is 1. The van der Waals surface area contributed by atoms with Crippen molar-refractivity contribution in [1.29, 1.82) is 0 Å². The van der Waals surface area contributed by atoms with Crippen molar-refractivity contribution >= 4 is 49.7 Å². The molecule has 30 heavy (non-hydrogen) atoms. The van der Waals surface area contributed by atoms with E-state index in [-0.39, 0.29) is 11.6 Å². The lowest BCUT2D eigenvalue weighted by Gasteiger charge is -2.24. The molecule has 0 heterocycles. The number of halogens is 1. The molecule has 0 aliphatic carbocycles. The van der Waals surface area contributed by atoms with Crippen LogP contribution in [-0.2, 0) is 4.79 Å². The summed E-state index contributed by atoms with van der Waals surface area (Å²) in [5.74, 6) is -2.05. The number of amides is 1. The second-order valence-corrected chi connectivity index (χ2v) is 19.8. The van der Waals surface area contributed by atoms with Crippen molar-refractivity contribution in [2.24, 2.45) is 0 Å². The van der Waals surface area contributed by atoms with Crippen LogP contribution in [0.5, 0.6) is 0 Å². The van der Waals surface area contributed by atoms with Crippen LogP contribution in [0.4, 0.5) is 10.1 Å². The van der Waals surface area contributed by atoms with Gasteiger partial charge in [0.1, 0.15) is 5.82 Å². The topological polar surface area (TPSA) is 66.4 Å². The summed E-state index contributed by atoms with van der Waals surface area (Å²) in [6, 6.07) is 10.4. The van der Waals surface area contributed by atoms with Gasteiger partial charge in [-0.15, -0.1) is 0 Å². The molecule has 0 saturated heterocycles. The highest BCUT2D eigenvalue weighted by molar-refractivity contribution is 6.91. The van der Waals surface area contributed by atoms with Crippen molar-refractivity contribution in [2.75, 3.05) is 5.32 Å². The Kier molecular flexibility index (Phi) is 6.88. The Balaban J connectivity index is 2.39. The van der Waals surface area contributed by atoms with Gasteiger partial charge in [-0.2, -0.15) is 0 Å². The van der Waals surface area contributed by atoms with Crippen LogP contribution in [-0.4, -0.2) is 33.1 Å². The molecule has 7 heteroatoms. The molecule has 2 N–H and O–H groups in total. The average molecular weight is 444 g/mol. The zero-order valence-corrected chi connectivity index (χ0v) is 20.7. The van der Waals surface area contributed by atoms with Crippen LogP contribution in [0.25, 0.3) is 5.57 Å². The number of benzene rings is 2. The maximum Gasteiger partial charge on any atom is 0.328 e. The molecular weight excluding hydrogens is 413 g/mol. The van der Waals surface area contributed by atoms with E-state index in [1.807, 2.05) is 12.1 Å². The number of anilines is 1. The van der Waals surface area contributed by atoms with Gasteiger partial charge in [0.15, 0.2) is 0 Å². The van der Waals surface area contributed by atoms with Crippen molar-refractivity contribution in [3.05, 3.63) is 59.4 Å². The summed E-state index contributed by atoms with van der Waals surface area (Å²) < 4.78 is 14.6. The summed E-state index contributed by atoms with van der Waals surface area (Å²) in [5.41, 5.74) is 1.49. The van der Waals surface area contributed by atoms with Crippen LogP contribution in [0, 0.1) is 5.82 Å². The molecule has 1 amide bonds. The molecule has 2 rings (SSSR count). The first kappa shape index (κ1) is 23.8. The Hall–Kier alpha value is -2.52. The standard InChI is InChI=1S/C23H30FNO3Si2/c1-15(10-22(26)27)16-8-9-21(20(24)13-16)25-23(28)17-11-18(29(2,3)4)14-19(12-17)30(5,6)7/h8-14H,1-7H3,(H,25,28)(H,26,27)/b15-10-. The summed E-state index contributed by atoms with van der Waals surface area (Å²) in [6.45, 7) is 15.0. The number of rotatable bonds is 6. The predicted octanol–water partition coefficient (Wildman–Crippen LogP) is 4.66. The molecule has 0 atom stereocenters. The van der Waals surface area contributed by atoms with E-state index in [0.717, 1.165) is 6.08 Å². The summed E-state index contributed by atoms with van der Waals surface area (Å²) in [7, 11) is -3.29. The molecule has 0 aliphatic heterocycles. The lowest BCUT2D eigenvalue weighted by atomic mass is 10.1. The van der Waals surface area contributed by atoms with Gasteiger partial charge in [-0.05, 0) is 30.2 Å². The highest BCUT2D eigenvalue weighted by Crippen LogP contribution is 2.22. The fourth-order valence-corrected chi connectivity index (χ4v) is 5.45. The summed E-state index contributed by atoms with van der Waals surface area (Å²) in [5, 5.41) is 13.9. The molecular formula is C23H30FNO3Si2. The Bertz CT molecular complexity index is 986. The highest BCUT2D eigenvalue weighted by atomic mass is 28.3. The van der Waals surface area contributed by atoms with E-state index < -0.39 is 27.9 Å². The number of carboxylic acids is 1. The second-order valence-electron chi connectivity index (χ2n) is 9.61. The molecule has 2 aromatic carbocycles. The Morgan fingerprint density at radius 2 is 1.43 bits per heavy atom. The molecule has 0 radical (unpaired) electrons. The van der Waals surface area contributed by atoms with Crippen LogP contribution in [0.3, 0.4) is 0 Å². The molecule has 0 aliphatic rings. The Morgan fingerprint density at radius 3 is 1.87 bits per heavy atom. The van der Waals surface area contributed by atoms with Gasteiger partial charge in [-0.1, -0.05) is 73.9 Å². The third kappa shape index (κ3) is 5.99. The highest BCUT2D eigenvalue weighted by Gasteiger charge is 2.24. The van der Waals surface area contributed by atoms with Gasteiger partial charge in [0.2, 0.25) is 0 Å². The van der Waals surface area contributed by atoms with Crippen LogP contribution in [0.1, 0.15) is 22.8 Å². The fourth-order valence-electron chi connectivity index (χ4n) is 2.95. The third-order valence-electron chi connectivity index (χ3n) is 4.94. The summed E-state index contributed by atoms with van der Waals surface area (Å²) >= 11 is 0. The minimum atomic E-state index is -1.64. The van der Waals surface area contributed by atoms with Crippen LogP contribution >= 0.6 is 0 Å². The van der Waals surface area contributed by atoms with Crippen LogP contribution in [0.2, 0.25) is 39.3 Å². The first-order valence-corrected chi connectivity index (χ1v) is 16.9. The largest absolute Gasteiger partial charge is 0.478 e. The molecule has 0 aromatic heterocycles. The van der Waals surface area contributed by atoms with Crippen molar-refractivity contribution in [3.8, 4) is 0 Å². The van der Waals surface area contributed by atoms with E-state index in [1.165, 1.54) is 22.5 Å². The third-order valence-corrected chi connectivity index (χ3v) is 8.98. The van der Waals surface area contributed by atoms with E-state index in [4.69, 9.17) is 5.11 Å². The fraction of sp³-hybridized carbons (Fsp3) is 0.304. The number of nitrogens with one attached hydrogen (secondary N) is 1. The van der Waals surface area contributed by atoms with Gasteiger partial charge in [-0.25, -0.2) is 9.18 Å². The minimum Gasteiger partial charge on any atom is -0.478 e. The van der Waals surface area contributed by atoms with Crippen molar-refractivity contribution < 1.29 is 19.1 Å². The number of carbonyl (C=O) groups excluding carboxylic acids is 1. The first-order chi connectivity index (χ1) is 13.7. The van der Waals surface area contributed by atoms with Crippen molar-refractivity contribution in [3.63, 3.8) is 0 Å². The molecule has 4 nitrogen and oxygen atoms in total. The Morgan fingerprint density at radius 1 is 0.900 bits per heavy atom. The lowest BCUT2D eigenvalue weighted by molar-refractivity contribution is -0.131. The molecule has 0 spiro atoms. The quantitative estimate of drug-likeness (QED) is 0.504. The van der Waals surface area contributed by atoms with Crippen LogP contribution < -0.4 is 15.7 Å². The van der Waals surface area contributed by atoms with Gasteiger partial charge in [0, 0.05) is 11.6 Å². The van der Waals surface area contributed by atoms with E-state index >= 15 is 0 Å². The monoisotopic (exact) mass is 443 g/mol. The van der Waals surface area contributed by atoms with Gasteiger partial charge in [0.05, 0.1) is 21.8 Å². The van der Waals surface area contributed by atoms with E-state index in [1.54, 1.807) is 13.0 Å². The predicted molar refractivity (Wildman–Crippen MR) is 128 cm³/mol. The van der Waals surface area contributed by atoms with Gasteiger partial charge in [-0.3, -0.25) is 4.79 Å². The van der Waals surface area contributed by atoms with Crippen molar-refractivity contribution in [1.82, 2.24) is 0 Å². The maximum absolute atomic E-state index is 14.6. The number of carboxylic acid groups (broad SMARTS) is 1. The maximum atomic E-state index is 14.6. The summed E-state index contributed by atoms with van der Waals surface area (Å²) in [4.78, 5) is 23.8. The molecule has 0 unspecified atom stereocenters. The van der Waals surface area contributed by atoms with Gasteiger partial charge < -0.3 is 10.4 Å². The van der Waals surface area contributed by atoms with Gasteiger partial charge in [0.25, 0.3) is 5.91 Å². The van der Waals surface area contributed by atoms with Crippen LogP contribution in [0.15, 0.2) is 42.5 Å². The normalized spacial score (nSPS) is 12.6. The molecule has 2 aromatic rings. The van der Waals surface area contributed by atoms with E-state index in [9.17, 15) is 14.0 Å². The number of hydrogen-bond acceptors (Lipinski definition) is 2. The van der Waals surface area contributed by atoms with E-state index in [2.05, 4.69) is 50.7 Å². The molecule has 0 bridgehead atoms. The number of hydrogen-bond donors (Lipinski definition) is 2. The average Bonchev–Trinajstić information content (AvgIpc) is 2.60. The molecule has 0 fully saturated rings. The SMILES string of the molecule is C/C(=C/C(=O)O)c1ccc(NC(=O)c2cc([Si](C)(C)C)cc([Si](C)(C)C)c2)c(F)c1. The second kappa shape index (κ2) is 8.69. The van der Waals surface area contributed by atoms with Gasteiger partial charge >= 0.3 is 5.97 Å². The smallest absolute Gasteiger partial charge is 0.328 e. The lowest BCUT2D eigenvalue weighted by Crippen LogP contribution is -2.46. The zero-order chi connectivity index (χ0) is 22.9. The number of carbonyl (C=O) groups is 2. The number of allylic oxidation sites excluding steroid dienone is 1. The molecule has 0 saturated carbocycles. The zero-order valence-electron chi connectivity index (χ0n) is 18.7.